The van der Waals surface area contributed by atoms with E-state index in [1.165, 1.54) is 12.3 Å². The van der Waals surface area contributed by atoms with Gasteiger partial charge in [-0.3, -0.25) is 4.79 Å². The van der Waals surface area contributed by atoms with E-state index in [-0.39, 0.29) is 33.6 Å². The molecule has 24 heavy (non-hydrogen) atoms. The average molecular weight is 400 g/mol. The highest BCUT2D eigenvalue weighted by Gasteiger charge is 2.68. The number of halogens is 1. The molecule has 3 heteroatoms. The van der Waals surface area contributed by atoms with Crippen LogP contribution in [0.3, 0.4) is 0 Å². The maximum Gasteiger partial charge on any atom is 0.169 e. The van der Waals surface area contributed by atoms with Crippen LogP contribution >= 0.6 is 15.9 Å². The fourth-order valence-corrected chi connectivity index (χ4v) is 3.72. The van der Waals surface area contributed by atoms with Crippen molar-refractivity contribution in [2.24, 2.45) is 16.7 Å². The zero-order chi connectivity index (χ0) is 26.5. The Kier molecular flexibility index (Phi) is 2.38. The molecule has 1 aromatic carbocycles. The number of aromatic nitrogens is 1. The van der Waals surface area contributed by atoms with E-state index in [2.05, 4.69) is 15.9 Å². The van der Waals surface area contributed by atoms with Crippen LogP contribution in [0.25, 0.3) is 10.9 Å². The lowest BCUT2D eigenvalue weighted by atomic mass is 10.0. The van der Waals surface area contributed by atoms with Crippen molar-refractivity contribution in [3.63, 3.8) is 0 Å². The van der Waals surface area contributed by atoms with Crippen molar-refractivity contribution in [1.29, 1.82) is 0 Å². The molecule has 1 aromatic heterocycles. The quantitative estimate of drug-likeness (QED) is 0.408. The first kappa shape index (κ1) is 9.02. The molecular weight excluding hydrogens is 362 g/mol. The fourth-order valence-electron chi connectivity index (χ4n) is 3.62. The summed E-state index contributed by atoms with van der Waals surface area (Å²) in [6.07, 6.45) is -9.48. The van der Waals surface area contributed by atoms with Gasteiger partial charge in [-0.1, -0.05) is 68.2 Å². The smallest absolute Gasteiger partial charge is 0.169 e. The maximum absolute atomic E-state index is 13.5. The van der Waals surface area contributed by atoms with Crippen molar-refractivity contribution in [1.82, 2.24) is 4.57 Å². The van der Waals surface area contributed by atoms with Crippen molar-refractivity contribution >= 4 is 32.6 Å². The number of carbonyl (C=O) groups is 1. The molecule has 0 aliphatic heterocycles. The summed E-state index contributed by atoms with van der Waals surface area (Å²) in [6, 6.07) is 6.33. The van der Waals surface area contributed by atoms with Crippen LogP contribution in [0.2, 0.25) is 0 Å². The Hall–Kier alpha value is -1.09. The molecule has 1 fully saturated rings. The number of aryl methyl sites for hydroxylation is 1. The number of rotatable bonds is 7. The third kappa shape index (κ3) is 2.75. The molecule has 2 aromatic rings. The van der Waals surface area contributed by atoms with E-state index in [9.17, 15) is 4.79 Å². The minimum Gasteiger partial charge on any atom is -0.347 e. The Morgan fingerprint density at radius 2 is 1.83 bits per heavy atom. The standard InChI is InChI=1S/C21H28BrNO/c1-20(2)19(21(20,3)4)18(24)16-14-23(13-9-5-8-12-22)17-11-7-6-10-15(16)17/h6-7,10-11,14,19H,5,8-9,12-13H2,1-4H3/i5D2,8D2,9D2,12D2,13D2. The van der Waals surface area contributed by atoms with E-state index in [0.29, 0.717) is 5.39 Å². The molecule has 0 spiro atoms. The van der Waals surface area contributed by atoms with Crippen molar-refractivity contribution in [2.75, 3.05) is 5.28 Å². The van der Waals surface area contributed by atoms with Gasteiger partial charge in [-0.2, -0.15) is 0 Å². The molecule has 0 radical (unpaired) electrons. The largest absolute Gasteiger partial charge is 0.347 e. The van der Waals surface area contributed by atoms with Crippen molar-refractivity contribution in [3.8, 4) is 0 Å². The van der Waals surface area contributed by atoms with Gasteiger partial charge >= 0.3 is 0 Å². The third-order valence-electron chi connectivity index (χ3n) is 5.61. The zero-order valence-electron chi connectivity index (χ0n) is 24.2. The highest BCUT2D eigenvalue weighted by atomic mass is 79.9. The monoisotopic (exact) mass is 399 g/mol. The number of hydrogen-bond donors (Lipinski definition) is 0. The highest BCUT2D eigenvalue weighted by Crippen LogP contribution is 2.69. The van der Waals surface area contributed by atoms with Crippen LogP contribution in [-0.4, -0.2) is 15.6 Å². The van der Waals surface area contributed by atoms with Crippen LogP contribution in [-0.2, 0) is 6.50 Å². The Morgan fingerprint density at radius 3 is 2.46 bits per heavy atom. The summed E-state index contributed by atoms with van der Waals surface area (Å²) in [6.45, 7) is 4.68. The van der Waals surface area contributed by atoms with Gasteiger partial charge in [0.05, 0.1) is 0 Å². The summed E-state index contributed by atoms with van der Waals surface area (Å²) in [5.74, 6) is -0.570. The van der Waals surface area contributed by atoms with Crippen LogP contribution < -0.4 is 0 Å². The minimum atomic E-state index is -3.63. The lowest BCUT2D eigenvalue weighted by molar-refractivity contribution is 0.0946. The summed E-state index contributed by atoms with van der Waals surface area (Å²) in [5.41, 5.74) is -0.265. The van der Waals surface area contributed by atoms with Crippen LogP contribution in [0.4, 0.5) is 0 Å². The average Bonchev–Trinajstić information content (AvgIpc) is 2.96. The summed E-state index contributed by atoms with van der Waals surface area (Å²) >= 11 is 2.44. The molecule has 3 rings (SSSR count). The number of Topliss-reactive ketones (excluding diaryl/α,β-unsaturated/α-hetero) is 1. The molecule has 0 saturated heterocycles. The van der Waals surface area contributed by atoms with Crippen LogP contribution in [0.15, 0.2) is 30.5 Å². The molecule has 0 N–H and O–H groups in total. The normalized spacial score (nSPS) is 28.0. The first-order valence-electron chi connectivity index (χ1n) is 12.8. The number of ketones is 1. The third-order valence-corrected chi connectivity index (χ3v) is 5.81. The van der Waals surface area contributed by atoms with Gasteiger partial charge in [0.25, 0.3) is 0 Å². The fraction of sp³-hybridized carbons (Fsp3) is 0.571. The van der Waals surface area contributed by atoms with E-state index in [4.69, 9.17) is 13.7 Å². The lowest BCUT2D eigenvalue weighted by Crippen LogP contribution is -2.07. The van der Waals surface area contributed by atoms with E-state index in [1.807, 2.05) is 27.7 Å². The number of benzene rings is 1. The zero-order valence-corrected chi connectivity index (χ0v) is 15.8. The summed E-state index contributed by atoms with van der Waals surface area (Å²) in [7, 11) is 0. The molecule has 1 aliphatic rings. The molecule has 0 unspecified atom stereocenters. The second-order valence-corrected chi connectivity index (χ2v) is 7.65. The van der Waals surface area contributed by atoms with Crippen molar-refractivity contribution in [2.45, 2.75) is 53.3 Å². The van der Waals surface area contributed by atoms with E-state index < -0.39 is 30.9 Å². The molecule has 0 atom stereocenters. The van der Waals surface area contributed by atoms with Crippen LogP contribution in [0, 0.1) is 16.7 Å². The Bertz CT molecular complexity index is 1130. The highest BCUT2D eigenvalue weighted by molar-refractivity contribution is 9.09. The summed E-state index contributed by atoms with van der Waals surface area (Å²) in [4.78, 5) is 13.5. The van der Waals surface area contributed by atoms with Crippen molar-refractivity contribution < 1.29 is 18.5 Å². The van der Waals surface area contributed by atoms with Gasteiger partial charge in [-0.05, 0) is 29.6 Å². The number of carbonyl (C=O) groups excluding carboxylic acids is 1. The lowest BCUT2D eigenvalue weighted by Gasteiger charge is -2.04. The molecule has 0 amide bonds. The van der Waals surface area contributed by atoms with Gasteiger partial charge in [0.2, 0.25) is 0 Å². The first-order chi connectivity index (χ1) is 15.0. The Labute approximate surface area is 167 Å². The number of hydrogen-bond acceptors (Lipinski definition) is 1. The predicted octanol–water partition coefficient (Wildman–Crippen LogP) is 6.07. The SMILES string of the molecule is [2H]C([2H])(Br)C([2H])([2H])C([2H])([2H])C([2H])([2H])C([2H])([2H])n1cc(C(=O)C2C(C)(C)C2(C)C)c2ccccc21. The van der Waals surface area contributed by atoms with Gasteiger partial charge in [-0.15, -0.1) is 0 Å². The van der Waals surface area contributed by atoms with Gasteiger partial charge in [0.15, 0.2) is 5.78 Å². The summed E-state index contributed by atoms with van der Waals surface area (Å²) in [5, 5.41) is -2.61. The minimum absolute atomic E-state index is 0.147. The first-order valence-corrected chi connectivity index (χ1v) is 8.62. The Morgan fingerprint density at radius 1 is 1.17 bits per heavy atom. The van der Waals surface area contributed by atoms with Gasteiger partial charge in [0, 0.05) is 54.1 Å². The molecule has 2 nitrogen and oxygen atoms in total. The molecule has 130 valence electrons. The van der Waals surface area contributed by atoms with Crippen molar-refractivity contribution in [3.05, 3.63) is 36.0 Å². The van der Waals surface area contributed by atoms with Gasteiger partial charge in [0.1, 0.15) is 0 Å². The number of alkyl halides is 1. The second-order valence-electron chi connectivity index (χ2n) is 7.25. The molecule has 1 saturated carbocycles. The number of para-hydroxylation sites is 1. The van der Waals surface area contributed by atoms with Gasteiger partial charge < -0.3 is 4.57 Å². The number of fused-ring (bicyclic) bond motifs is 1. The van der Waals surface area contributed by atoms with Crippen LogP contribution in [0.5, 0.6) is 0 Å². The summed E-state index contributed by atoms with van der Waals surface area (Å²) < 4.78 is 82.5. The van der Waals surface area contributed by atoms with E-state index >= 15 is 0 Å². The van der Waals surface area contributed by atoms with E-state index in [1.54, 1.807) is 18.2 Å². The topological polar surface area (TPSA) is 22.0 Å². The predicted molar refractivity (Wildman–Crippen MR) is 105 cm³/mol. The molecular formula is C21H28BrNO. The Balaban J connectivity index is 2.20. The molecule has 0 bridgehead atoms. The number of nitrogens with zero attached hydrogens (tertiary/aromatic N) is 1. The van der Waals surface area contributed by atoms with Gasteiger partial charge in [-0.25, -0.2) is 0 Å². The van der Waals surface area contributed by atoms with Crippen LogP contribution in [0.1, 0.15) is 70.9 Å². The molecule has 1 aliphatic carbocycles. The van der Waals surface area contributed by atoms with E-state index in [0.717, 1.165) is 4.57 Å². The second kappa shape index (κ2) is 6.33. The molecule has 1 heterocycles. The maximum atomic E-state index is 13.5.